The van der Waals surface area contributed by atoms with Gasteiger partial charge < -0.3 is 10.6 Å². The molecule has 0 aromatic heterocycles. The van der Waals surface area contributed by atoms with Crippen LogP contribution in [0.3, 0.4) is 0 Å². The highest BCUT2D eigenvalue weighted by atomic mass is 32.2. The Hall–Kier alpha value is -2.14. The van der Waals surface area contributed by atoms with Crippen molar-refractivity contribution in [2.75, 3.05) is 13.1 Å². The van der Waals surface area contributed by atoms with Crippen molar-refractivity contribution in [1.82, 2.24) is 9.62 Å². The maximum absolute atomic E-state index is 13.0. The van der Waals surface area contributed by atoms with Gasteiger partial charge >= 0.3 is 6.18 Å². The van der Waals surface area contributed by atoms with E-state index in [1.54, 1.807) is 13.8 Å². The SMILES string of the molecule is CCC(C)C(NS(=O)(=O)c1cccc(C(F)(F)F)c1)C(=O)N1CCC(C(N)=O)CC1. The zero-order chi connectivity index (χ0) is 22.7. The highest BCUT2D eigenvalue weighted by molar-refractivity contribution is 7.89. The molecule has 1 aliphatic heterocycles. The molecule has 2 rings (SSSR count). The molecule has 0 radical (unpaired) electrons. The normalized spacial score (nSPS) is 18.1. The Labute approximate surface area is 173 Å². The number of halogens is 3. The third-order valence-electron chi connectivity index (χ3n) is 5.44. The van der Waals surface area contributed by atoms with E-state index in [2.05, 4.69) is 4.72 Å². The van der Waals surface area contributed by atoms with Crippen LogP contribution in [0.5, 0.6) is 0 Å². The molecule has 2 unspecified atom stereocenters. The predicted molar refractivity (Wildman–Crippen MR) is 104 cm³/mol. The summed E-state index contributed by atoms with van der Waals surface area (Å²) in [7, 11) is -4.38. The maximum Gasteiger partial charge on any atom is 0.416 e. The monoisotopic (exact) mass is 449 g/mol. The zero-order valence-electron chi connectivity index (χ0n) is 16.8. The molecule has 0 spiro atoms. The van der Waals surface area contributed by atoms with Crippen molar-refractivity contribution >= 4 is 21.8 Å². The van der Waals surface area contributed by atoms with Gasteiger partial charge in [0.25, 0.3) is 0 Å². The summed E-state index contributed by atoms with van der Waals surface area (Å²) in [5.41, 5.74) is 4.20. The molecule has 2 atom stereocenters. The molecule has 30 heavy (non-hydrogen) atoms. The molecule has 2 amide bonds. The Kier molecular flexibility index (Phi) is 7.51. The number of carbonyl (C=O) groups excluding carboxylic acids is 2. The van der Waals surface area contributed by atoms with Gasteiger partial charge in [0, 0.05) is 19.0 Å². The highest BCUT2D eigenvalue weighted by Gasteiger charge is 2.36. The molecule has 0 aliphatic carbocycles. The first-order chi connectivity index (χ1) is 13.9. The van der Waals surface area contributed by atoms with Gasteiger partial charge in [0.05, 0.1) is 10.5 Å². The second-order valence-electron chi connectivity index (χ2n) is 7.51. The molecular weight excluding hydrogens is 423 g/mol. The summed E-state index contributed by atoms with van der Waals surface area (Å²) in [5.74, 6) is -1.64. The Bertz CT molecular complexity index is 881. The average Bonchev–Trinajstić information content (AvgIpc) is 2.70. The van der Waals surface area contributed by atoms with Gasteiger partial charge in [0.15, 0.2) is 0 Å². The van der Waals surface area contributed by atoms with Gasteiger partial charge in [-0.3, -0.25) is 9.59 Å². The predicted octanol–water partition coefficient (Wildman–Crippen LogP) is 2.12. The van der Waals surface area contributed by atoms with Gasteiger partial charge in [0.1, 0.15) is 6.04 Å². The Balaban J connectivity index is 2.24. The average molecular weight is 449 g/mol. The molecule has 0 bridgehead atoms. The van der Waals surface area contributed by atoms with Crippen molar-refractivity contribution in [2.24, 2.45) is 17.6 Å². The van der Waals surface area contributed by atoms with E-state index < -0.39 is 50.4 Å². The molecule has 168 valence electrons. The van der Waals surface area contributed by atoms with Gasteiger partial charge in [-0.25, -0.2) is 8.42 Å². The number of alkyl halides is 3. The molecule has 3 N–H and O–H groups in total. The van der Waals surface area contributed by atoms with E-state index in [0.717, 1.165) is 18.2 Å². The summed E-state index contributed by atoms with van der Waals surface area (Å²) in [6, 6.07) is 2.23. The summed E-state index contributed by atoms with van der Waals surface area (Å²) in [6.07, 6.45) is -3.45. The van der Waals surface area contributed by atoms with Gasteiger partial charge in [-0.05, 0) is 37.0 Å². The van der Waals surface area contributed by atoms with Crippen LogP contribution in [0, 0.1) is 11.8 Å². The lowest BCUT2D eigenvalue weighted by molar-refractivity contribution is -0.138. The van der Waals surface area contributed by atoms with Crippen LogP contribution < -0.4 is 10.5 Å². The number of hydrogen-bond donors (Lipinski definition) is 2. The first kappa shape index (κ1) is 24.1. The highest BCUT2D eigenvalue weighted by Crippen LogP contribution is 2.30. The van der Waals surface area contributed by atoms with Crippen LogP contribution in [0.2, 0.25) is 0 Å². The van der Waals surface area contributed by atoms with Crippen LogP contribution in [0.4, 0.5) is 13.2 Å². The lowest BCUT2D eigenvalue weighted by Gasteiger charge is -2.35. The van der Waals surface area contributed by atoms with Crippen molar-refractivity contribution in [3.63, 3.8) is 0 Å². The van der Waals surface area contributed by atoms with Crippen LogP contribution in [0.25, 0.3) is 0 Å². The number of carbonyl (C=O) groups is 2. The van der Waals surface area contributed by atoms with E-state index in [1.807, 2.05) is 0 Å². The molecule has 0 saturated carbocycles. The van der Waals surface area contributed by atoms with Gasteiger partial charge in [-0.2, -0.15) is 17.9 Å². The number of rotatable bonds is 7. The molecule has 1 saturated heterocycles. The fourth-order valence-electron chi connectivity index (χ4n) is 3.30. The summed E-state index contributed by atoms with van der Waals surface area (Å²) in [6.45, 7) is 3.98. The topological polar surface area (TPSA) is 110 Å². The third kappa shape index (κ3) is 5.72. The summed E-state index contributed by atoms with van der Waals surface area (Å²) in [4.78, 5) is 25.2. The molecule has 11 heteroatoms. The minimum absolute atomic E-state index is 0.255. The Morgan fingerprint density at radius 2 is 1.87 bits per heavy atom. The first-order valence-electron chi connectivity index (χ1n) is 9.64. The lowest BCUT2D eigenvalue weighted by atomic mass is 9.94. The zero-order valence-corrected chi connectivity index (χ0v) is 17.6. The van der Waals surface area contributed by atoms with E-state index in [1.165, 1.54) is 4.90 Å². The molecule has 1 aliphatic rings. The van der Waals surface area contributed by atoms with E-state index >= 15 is 0 Å². The van der Waals surface area contributed by atoms with Crippen LogP contribution in [0.15, 0.2) is 29.2 Å². The number of amides is 2. The minimum atomic E-state index is -4.69. The smallest absolute Gasteiger partial charge is 0.369 e. The van der Waals surface area contributed by atoms with E-state index in [-0.39, 0.29) is 19.0 Å². The number of sulfonamides is 1. The van der Waals surface area contributed by atoms with Crippen LogP contribution in [0.1, 0.15) is 38.7 Å². The molecule has 1 fully saturated rings. The summed E-state index contributed by atoms with van der Waals surface area (Å²) < 4.78 is 66.7. The fourth-order valence-corrected chi connectivity index (χ4v) is 4.64. The number of nitrogens with two attached hydrogens (primary N) is 1. The van der Waals surface area contributed by atoms with Crippen molar-refractivity contribution in [2.45, 2.75) is 50.2 Å². The first-order valence-corrected chi connectivity index (χ1v) is 11.1. The van der Waals surface area contributed by atoms with Gasteiger partial charge in [0.2, 0.25) is 21.8 Å². The number of likely N-dealkylation sites (tertiary alicyclic amines) is 1. The Morgan fingerprint density at radius 3 is 2.37 bits per heavy atom. The van der Waals surface area contributed by atoms with Gasteiger partial charge in [-0.15, -0.1) is 0 Å². The standard InChI is InChI=1S/C19H26F3N3O4S/c1-3-12(2)16(18(27)25-9-7-13(8-10-25)17(23)26)24-30(28,29)15-6-4-5-14(11-15)19(20,21)22/h4-6,11-13,16,24H,3,7-10H2,1-2H3,(H2,23,26). The molecule has 1 aromatic carbocycles. The molecule has 1 heterocycles. The summed E-state index contributed by atoms with van der Waals surface area (Å²) in [5, 5.41) is 0. The maximum atomic E-state index is 13.0. The largest absolute Gasteiger partial charge is 0.416 e. The number of benzene rings is 1. The number of piperidine rings is 1. The number of nitrogens with one attached hydrogen (secondary N) is 1. The number of nitrogens with zero attached hydrogens (tertiary/aromatic N) is 1. The third-order valence-corrected chi connectivity index (χ3v) is 6.88. The molecule has 7 nitrogen and oxygen atoms in total. The quantitative estimate of drug-likeness (QED) is 0.664. The number of primary amides is 1. The minimum Gasteiger partial charge on any atom is -0.369 e. The Morgan fingerprint density at radius 1 is 1.27 bits per heavy atom. The van der Waals surface area contributed by atoms with Crippen LogP contribution in [-0.4, -0.2) is 44.3 Å². The van der Waals surface area contributed by atoms with E-state index in [4.69, 9.17) is 5.73 Å². The summed E-state index contributed by atoms with van der Waals surface area (Å²) >= 11 is 0. The second-order valence-corrected chi connectivity index (χ2v) is 9.23. The van der Waals surface area contributed by atoms with Crippen LogP contribution in [-0.2, 0) is 25.8 Å². The van der Waals surface area contributed by atoms with Crippen molar-refractivity contribution in [3.05, 3.63) is 29.8 Å². The van der Waals surface area contributed by atoms with Crippen LogP contribution >= 0.6 is 0 Å². The van der Waals surface area contributed by atoms with Crippen molar-refractivity contribution in [3.8, 4) is 0 Å². The van der Waals surface area contributed by atoms with E-state index in [9.17, 15) is 31.2 Å². The molecular formula is C19H26F3N3O4S. The number of hydrogen-bond acceptors (Lipinski definition) is 4. The lowest BCUT2D eigenvalue weighted by Crippen LogP contribution is -2.53. The second kappa shape index (κ2) is 9.34. The van der Waals surface area contributed by atoms with Crippen molar-refractivity contribution < 1.29 is 31.2 Å². The fraction of sp³-hybridized carbons (Fsp3) is 0.579. The molecule has 1 aromatic rings. The van der Waals surface area contributed by atoms with Gasteiger partial charge in [-0.1, -0.05) is 26.3 Å². The van der Waals surface area contributed by atoms with Crippen molar-refractivity contribution in [1.29, 1.82) is 0 Å². The van der Waals surface area contributed by atoms with E-state index in [0.29, 0.717) is 25.3 Å².